The number of rotatable bonds is 8. The van der Waals surface area contributed by atoms with Crippen LogP contribution < -0.4 is 62.4 Å². The van der Waals surface area contributed by atoms with Crippen molar-refractivity contribution in [3.8, 4) is 0 Å². The molecule has 0 aliphatic rings. The Balaban J connectivity index is 0.00000280. The second-order valence-electron chi connectivity index (χ2n) is 7.25. The molecule has 0 amide bonds. The zero-order valence-electron chi connectivity index (χ0n) is 17.3. The maximum atomic E-state index is 5.54. The quantitative estimate of drug-likeness (QED) is 0.348. The largest absolute Gasteiger partial charge is 1.00 e. The van der Waals surface area contributed by atoms with E-state index in [1.54, 1.807) is 6.54 Å². The van der Waals surface area contributed by atoms with Gasteiger partial charge in [-0.05, 0) is 37.9 Å². The topological polar surface area (TPSA) is 38.0 Å². The van der Waals surface area contributed by atoms with Crippen molar-refractivity contribution in [2.75, 3.05) is 6.54 Å². The fraction of sp³-hybridized carbons (Fsp3) is 0.240. The molecule has 0 heterocycles. The Morgan fingerprint density at radius 1 is 0.786 bits per heavy atom. The molecule has 28 heavy (non-hydrogen) atoms. The standard InChI is InChI=1S/C25H29N2.K/c1-19-3-11-23(12-4-19)25(24-13-5-20(2)6-14-24)15-16-27-18-22-9-7-21(17-26)8-10-22;/h3-14,17,25,27H,15-16,18,26H2,1-2H3;/q-1;+1. The molecule has 0 saturated carbocycles. The van der Waals surface area contributed by atoms with Crippen molar-refractivity contribution in [3.63, 3.8) is 0 Å². The first kappa shape index (κ1) is 23.4. The summed E-state index contributed by atoms with van der Waals surface area (Å²) in [6, 6.07) is 26.3. The van der Waals surface area contributed by atoms with Gasteiger partial charge in [0.25, 0.3) is 0 Å². The van der Waals surface area contributed by atoms with Gasteiger partial charge in [0, 0.05) is 12.5 Å². The number of hydrogen-bond donors (Lipinski definition) is 2. The van der Waals surface area contributed by atoms with Crippen LogP contribution in [0.3, 0.4) is 0 Å². The Kier molecular flexibility index (Phi) is 9.96. The van der Waals surface area contributed by atoms with Gasteiger partial charge < -0.3 is 11.1 Å². The minimum absolute atomic E-state index is 0. The number of nitrogens with two attached hydrogens (primary N) is 1. The predicted molar refractivity (Wildman–Crippen MR) is 115 cm³/mol. The van der Waals surface area contributed by atoms with Crippen LogP contribution in [0.15, 0.2) is 72.8 Å². The van der Waals surface area contributed by atoms with Crippen molar-refractivity contribution in [1.29, 1.82) is 0 Å². The Hall–Kier alpha value is -0.914. The molecule has 3 rings (SSSR count). The summed E-state index contributed by atoms with van der Waals surface area (Å²) in [7, 11) is 0. The van der Waals surface area contributed by atoms with Crippen LogP contribution in [0, 0.1) is 20.4 Å². The van der Waals surface area contributed by atoms with Gasteiger partial charge in [0.05, 0.1) is 0 Å². The summed E-state index contributed by atoms with van der Waals surface area (Å²) in [5.74, 6) is 0.410. The molecule has 0 aliphatic carbocycles. The van der Waals surface area contributed by atoms with Crippen molar-refractivity contribution >= 4 is 0 Å². The van der Waals surface area contributed by atoms with Crippen LogP contribution in [0.25, 0.3) is 0 Å². The maximum Gasteiger partial charge on any atom is 1.00 e. The van der Waals surface area contributed by atoms with E-state index in [0.29, 0.717) is 5.92 Å². The third-order valence-corrected chi connectivity index (χ3v) is 5.07. The fourth-order valence-electron chi connectivity index (χ4n) is 3.35. The van der Waals surface area contributed by atoms with E-state index in [1.807, 2.05) is 0 Å². The number of hydrogen-bond acceptors (Lipinski definition) is 2. The van der Waals surface area contributed by atoms with E-state index < -0.39 is 0 Å². The summed E-state index contributed by atoms with van der Waals surface area (Å²) in [6.45, 7) is 7.75. The van der Waals surface area contributed by atoms with Crippen molar-refractivity contribution in [2.24, 2.45) is 5.73 Å². The minimum Gasteiger partial charge on any atom is -0.360 e. The zero-order chi connectivity index (χ0) is 19.1. The van der Waals surface area contributed by atoms with Crippen LogP contribution >= 0.6 is 0 Å². The number of aryl methyl sites for hydroxylation is 2. The summed E-state index contributed by atoms with van der Waals surface area (Å²) in [4.78, 5) is 0. The summed E-state index contributed by atoms with van der Waals surface area (Å²) >= 11 is 0. The van der Waals surface area contributed by atoms with E-state index >= 15 is 0 Å². The molecule has 0 radical (unpaired) electrons. The van der Waals surface area contributed by atoms with Crippen molar-refractivity contribution in [3.05, 3.63) is 113 Å². The van der Waals surface area contributed by atoms with Crippen molar-refractivity contribution in [1.82, 2.24) is 5.32 Å². The van der Waals surface area contributed by atoms with E-state index in [2.05, 4.69) is 92.0 Å². The molecule has 0 spiro atoms. The molecule has 0 atom stereocenters. The molecule has 3 heteroatoms. The third-order valence-electron chi connectivity index (χ3n) is 5.07. The molecule has 2 nitrogen and oxygen atoms in total. The molecular formula is C25H29KN2. The number of nitrogens with one attached hydrogen (secondary N) is 1. The molecule has 0 fully saturated rings. The first-order valence-corrected chi connectivity index (χ1v) is 9.63. The normalized spacial score (nSPS) is 10.6. The average Bonchev–Trinajstić information content (AvgIpc) is 2.70. The van der Waals surface area contributed by atoms with Gasteiger partial charge in [-0.2, -0.15) is 17.7 Å². The first-order chi connectivity index (χ1) is 13.2. The Morgan fingerprint density at radius 3 is 1.75 bits per heavy atom. The maximum absolute atomic E-state index is 5.54. The van der Waals surface area contributed by atoms with Gasteiger partial charge in [0.15, 0.2) is 0 Å². The third kappa shape index (κ3) is 6.85. The van der Waals surface area contributed by atoms with E-state index in [0.717, 1.165) is 25.1 Å². The monoisotopic (exact) mass is 396 g/mol. The first-order valence-electron chi connectivity index (χ1n) is 9.63. The van der Waals surface area contributed by atoms with Crippen LogP contribution in [0.4, 0.5) is 0 Å². The van der Waals surface area contributed by atoms with Gasteiger partial charge in [0.2, 0.25) is 0 Å². The molecule has 140 valence electrons. The second kappa shape index (κ2) is 11.9. The average molecular weight is 397 g/mol. The van der Waals surface area contributed by atoms with E-state index in [9.17, 15) is 0 Å². The Bertz CT molecular complexity index is 778. The van der Waals surface area contributed by atoms with Crippen LogP contribution in [-0.4, -0.2) is 6.54 Å². The van der Waals surface area contributed by atoms with Gasteiger partial charge in [-0.1, -0.05) is 65.2 Å². The molecule has 0 bridgehead atoms. The van der Waals surface area contributed by atoms with Gasteiger partial charge in [-0.25, -0.2) is 0 Å². The van der Waals surface area contributed by atoms with Crippen LogP contribution in [0.1, 0.15) is 45.7 Å². The summed E-state index contributed by atoms with van der Waals surface area (Å²) in [6.07, 6.45) is 1.07. The molecule has 0 unspecified atom stereocenters. The van der Waals surface area contributed by atoms with Crippen molar-refractivity contribution in [2.45, 2.75) is 32.7 Å². The van der Waals surface area contributed by atoms with E-state index in [1.165, 1.54) is 27.8 Å². The SMILES string of the molecule is Cc1ccc(C(CCNCc2ccc([CH-]N)cc2)c2ccc(C)cc2)cc1.[K+]. The Labute approximate surface area is 212 Å². The molecule has 0 aromatic heterocycles. The van der Waals surface area contributed by atoms with E-state index in [-0.39, 0.29) is 51.4 Å². The van der Waals surface area contributed by atoms with Crippen molar-refractivity contribution < 1.29 is 51.4 Å². The van der Waals surface area contributed by atoms with Crippen LogP contribution in [-0.2, 0) is 6.54 Å². The summed E-state index contributed by atoms with van der Waals surface area (Å²) < 4.78 is 0. The van der Waals surface area contributed by atoms with Gasteiger partial charge in [0.1, 0.15) is 0 Å². The van der Waals surface area contributed by atoms with Gasteiger partial charge in [-0.15, -0.1) is 18.7 Å². The predicted octanol–water partition coefficient (Wildman–Crippen LogP) is 2.09. The smallest absolute Gasteiger partial charge is 0.360 e. The van der Waals surface area contributed by atoms with Gasteiger partial charge in [-0.3, -0.25) is 0 Å². The number of benzene rings is 3. The molecule has 0 aliphatic heterocycles. The summed E-state index contributed by atoms with van der Waals surface area (Å²) in [5.41, 5.74) is 13.3. The van der Waals surface area contributed by atoms with Crippen LogP contribution in [0.5, 0.6) is 0 Å². The molecular weight excluding hydrogens is 367 g/mol. The minimum atomic E-state index is 0. The van der Waals surface area contributed by atoms with Crippen LogP contribution in [0.2, 0.25) is 0 Å². The zero-order valence-corrected chi connectivity index (χ0v) is 20.4. The van der Waals surface area contributed by atoms with Gasteiger partial charge >= 0.3 is 51.4 Å². The molecule has 0 saturated heterocycles. The molecule has 3 N–H and O–H groups in total. The fourth-order valence-corrected chi connectivity index (χ4v) is 3.35. The summed E-state index contributed by atoms with van der Waals surface area (Å²) in [5, 5.41) is 3.59. The Morgan fingerprint density at radius 2 is 1.29 bits per heavy atom. The molecule has 3 aromatic carbocycles. The van der Waals surface area contributed by atoms with E-state index in [4.69, 9.17) is 5.73 Å². The second-order valence-corrected chi connectivity index (χ2v) is 7.25. The molecule has 3 aromatic rings.